The fourth-order valence-corrected chi connectivity index (χ4v) is 4.59. The van der Waals surface area contributed by atoms with Crippen LogP contribution in [0, 0.1) is 5.92 Å². The van der Waals surface area contributed by atoms with Gasteiger partial charge in [0.15, 0.2) is 0 Å². The summed E-state index contributed by atoms with van der Waals surface area (Å²) in [5.41, 5.74) is 7.20. The number of carbonyl (C=O) groups is 1. The van der Waals surface area contributed by atoms with Crippen LogP contribution in [0.5, 0.6) is 0 Å². The van der Waals surface area contributed by atoms with Gasteiger partial charge in [-0.1, -0.05) is 6.42 Å². The zero-order valence-electron chi connectivity index (χ0n) is 12.5. The van der Waals surface area contributed by atoms with Crippen LogP contribution in [0.15, 0.2) is 6.07 Å². The number of likely N-dealkylation sites (tertiary alicyclic amines) is 1. The maximum absolute atomic E-state index is 12.7. The number of rotatable bonds is 2. The molecular weight excluding hydrogens is 304 g/mol. The number of hydrogen-bond acceptors (Lipinski definition) is 3. The Balaban J connectivity index is 0.00000161. The highest BCUT2D eigenvalue weighted by atomic mass is 35.5. The number of fused-ring (bicyclic) bond motifs is 1. The van der Waals surface area contributed by atoms with Crippen LogP contribution in [0.25, 0.3) is 0 Å². The van der Waals surface area contributed by atoms with E-state index in [1.807, 2.05) is 4.90 Å². The van der Waals surface area contributed by atoms with E-state index in [9.17, 15) is 4.79 Å². The van der Waals surface area contributed by atoms with E-state index in [4.69, 9.17) is 5.73 Å². The van der Waals surface area contributed by atoms with Crippen LogP contribution in [0.4, 0.5) is 0 Å². The van der Waals surface area contributed by atoms with Crippen molar-refractivity contribution in [1.29, 1.82) is 0 Å². The summed E-state index contributed by atoms with van der Waals surface area (Å²) in [6, 6.07) is 2.17. The van der Waals surface area contributed by atoms with Gasteiger partial charge in [-0.15, -0.1) is 23.7 Å². The first-order valence-electron chi connectivity index (χ1n) is 7.89. The minimum atomic E-state index is 0. The molecule has 1 saturated heterocycles. The SMILES string of the molecule is Cl.NCC1CCCN(C(=O)c2cc3c(s2)CCCCC3)C1. The summed E-state index contributed by atoms with van der Waals surface area (Å²) in [6.07, 6.45) is 8.47. The highest BCUT2D eigenvalue weighted by Crippen LogP contribution is 2.30. The minimum absolute atomic E-state index is 0. The van der Waals surface area contributed by atoms with E-state index in [0.29, 0.717) is 12.5 Å². The summed E-state index contributed by atoms with van der Waals surface area (Å²) in [5.74, 6) is 0.728. The summed E-state index contributed by atoms with van der Waals surface area (Å²) in [5, 5.41) is 0. The van der Waals surface area contributed by atoms with Gasteiger partial charge in [-0.3, -0.25) is 4.79 Å². The number of hydrogen-bond donors (Lipinski definition) is 1. The van der Waals surface area contributed by atoms with Crippen LogP contribution < -0.4 is 5.73 Å². The summed E-state index contributed by atoms with van der Waals surface area (Å²) >= 11 is 1.74. The van der Waals surface area contributed by atoms with Crippen molar-refractivity contribution < 1.29 is 4.79 Å². The topological polar surface area (TPSA) is 46.3 Å². The molecule has 21 heavy (non-hydrogen) atoms. The highest BCUT2D eigenvalue weighted by Gasteiger charge is 2.25. The molecule has 0 aromatic carbocycles. The van der Waals surface area contributed by atoms with Gasteiger partial charge in [0.2, 0.25) is 0 Å². The predicted octanol–water partition coefficient (Wildman–Crippen LogP) is 3.25. The molecule has 0 radical (unpaired) electrons. The first kappa shape index (κ1) is 16.8. The average molecular weight is 329 g/mol. The Kier molecular flexibility index (Phi) is 6.08. The molecule has 3 nitrogen and oxygen atoms in total. The van der Waals surface area contributed by atoms with Crippen molar-refractivity contribution in [3.05, 3.63) is 21.4 Å². The van der Waals surface area contributed by atoms with Crippen LogP contribution in [0.1, 0.15) is 52.2 Å². The Morgan fingerprint density at radius 1 is 1.29 bits per heavy atom. The number of halogens is 1. The molecule has 1 aliphatic heterocycles. The second-order valence-corrected chi connectivity index (χ2v) is 7.25. The van der Waals surface area contributed by atoms with Gasteiger partial charge in [0, 0.05) is 18.0 Å². The van der Waals surface area contributed by atoms with E-state index in [2.05, 4.69) is 6.07 Å². The van der Waals surface area contributed by atoms with Crippen molar-refractivity contribution in [3.8, 4) is 0 Å². The van der Waals surface area contributed by atoms with Crippen LogP contribution in [0.2, 0.25) is 0 Å². The number of nitrogens with zero attached hydrogens (tertiary/aromatic N) is 1. The van der Waals surface area contributed by atoms with Crippen LogP contribution >= 0.6 is 23.7 Å². The second kappa shape index (κ2) is 7.61. The Labute approximate surface area is 137 Å². The quantitative estimate of drug-likeness (QED) is 0.847. The van der Waals surface area contributed by atoms with E-state index in [0.717, 1.165) is 30.8 Å². The lowest BCUT2D eigenvalue weighted by atomic mass is 9.98. The molecule has 1 aromatic heterocycles. The lowest BCUT2D eigenvalue weighted by Crippen LogP contribution is -2.41. The van der Waals surface area contributed by atoms with E-state index in [1.165, 1.54) is 42.5 Å². The molecule has 0 saturated carbocycles. The fourth-order valence-electron chi connectivity index (χ4n) is 3.37. The minimum Gasteiger partial charge on any atom is -0.338 e. The summed E-state index contributed by atoms with van der Waals surface area (Å²) in [4.78, 5) is 17.1. The molecule has 3 rings (SSSR count). The average Bonchev–Trinajstić information content (AvgIpc) is 2.77. The Morgan fingerprint density at radius 2 is 2.10 bits per heavy atom. The molecule has 2 aliphatic rings. The monoisotopic (exact) mass is 328 g/mol. The molecule has 1 atom stereocenters. The van der Waals surface area contributed by atoms with E-state index < -0.39 is 0 Å². The molecule has 118 valence electrons. The van der Waals surface area contributed by atoms with E-state index >= 15 is 0 Å². The number of aryl methyl sites for hydroxylation is 2. The molecule has 1 amide bonds. The van der Waals surface area contributed by atoms with Crippen molar-refractivity contribution in [3.63, 3.8) is 0 Å². The van der Waals surface area contributed by atoms with Gasteiger partial charge in [-0.25, -0.2) is 0 Å². The van der Waals surface area contributed by atoms with Gasteiger partial charge >= 0.3 is 0 Å². The number of piperidine rings is 1. The maximum atomic E-state index is 12.7. The zero-order chi connectivity index (χ0) is 13.9. The van der Waals surface area contributed by atoms with Crippen molar-refractivity contribution in [2.45, 2.75) is 44.9 Å². The predicted molar refractivity (Wildman–Crippen MR) is 90.5 cm³/mol. The Hall–Kier alpha value is -0.580. The molecule has 0 spiro atoms. The Morgan fingerprint density at radius 3 is 2.90 bits per heavy atom. The molecule has 2 heterocycles. The number of thiophene rings is 1. The van der Waals surface area contributed by atoms with E-state index in [1.54, 1.807) is 11.3 Å². The normalized spacial score (nSPS) is 22.1. The van der Waals surface area contributed by atoms with Crippen LogP contribution in [-0.2, 0) is 12.8 Å². The fraction of sp³-hybridized carbons (Fsp3) is 0.688. The molecule has 2 N–H and O–H groups in total. The molecule has 1 unspecified atom stereocenters. The number of amides is 1. The van der Waals surface area contributed by atoms with Gasteiger partial charge in [-0.2, -0.15) is 0 Å². The molecule has 1 fully saturated rings. The lowest BCUT2D eigenvalue weighted by Gasteiger charge is -2.31. The van der Waals surface area contributed by atoms with Crippen molar-refractivity contribution in [2.75, 3.05) is 19.6 Å². The first-order valence-corrected chi connectivity index (χ1v) is 8.70. The summed E-state index contributed by atoms with van der Waals surface area (Å²) < 4.78 is 0. The molecule has 1 aromatic rings. The summed E-state index contributed by atoms with van der Waals surface area (Å²) in [7, 11) is 0. The number of carbonyl (C=O) groups excluding carboxylic acids is 1. The third kappa shape index (κ3) is 3.79. The third-order valence-electron chi connectivity index (χ3n) is 4.60. The van der Waals surface area contributed by atoms with Crippen molar-refractivity contribution in [1.82, 2.24) is 4.90 Å². The highest BCUT2D eigenvalue weighted by molar-refractivity contribution is 7.14. The Bertz CT molecular complexity index is 465. The standard InChI is InChI=1S/C16H24N2OS.ClH/c17-10-12-5-4-8-18(11-12)16(19)15-9-13-6-2-1-3-7-14(13)20-15;/h9,12H,1-8,10-11,17H2;1H. The van der Waals surface area contributed by atoms with Gasteiger partial charge in [0.25, 0.3) is 5.91 Å². The largest absolute Gasteiger partial charge is 0.338 e. The van der Waals surface area contributed by atoms with Crippen LogP contribution in [0.3, 0.4) is 0 Å². The molecule has 5 heteroatoms. The lowest BCUT2D eigenvalue weighted by molar-refractivity contribution is 0.0683. The van der Waals surface area contributed by atoms with Gasteiger partial charge in [0.1, 0.15) is 0 Å². The van der Waals surface area contributed by atoms with Crippen molar-refractivity contribution in [2.24, 2.45) is 11.7 Å². The second-order valence-electron chi connectivity index (χ2n) is 6.11. The smallest absolute Gasteiger partial charge is 0.263 e. The van der Waals surface area contributed by atoms with Crippen LogP contribution in [-0.4, -0.2) is 30.4 Å². The number of nitrogens with two attached hydrogens (primary N) is 1. The summed E-state index contributed by atoms with van der Waals surface area (Å²) in [6.45, 7) is 2.44. The van der Waals surface area contributed by atoms with E-state index in [-0.39, 0.29) is 18.3 Å². The first-order chi connectivity index (χ1) is 9.78. The zero-order valence-corrected chi connectivity index (χ0v) is 14.1. The maximum Gasteiger partial charge on any atom is 0.263 e. The van der Waals surface area contributed by atoms with Crippen molar-refractivity contribution >= 4 is 29.7 Å². The molecule has 0 bridgehead atoms. The van der Waals surface area contributed by atoms with Gasteiger partial charge in [0.05, 0.1) is 4.88 Å². The third-order valence-corrected chi connectivity index (χ3v) is 5.82. The molecule has 1 aliphatic carbocycles. The van der Waals surface area contributed by atoms with Gasteiger partial charge < -0.3 is 10.6 Å². The molecular formula is C16H25ClN2OS. The van der Waals surface area contributed by atoms with Gasteiger partial charge in [-0.05, 0) is 62.6 Å².